The number of likely N-dealkylation sites (tertiary alicyclic amines) is 1. The molecule has 0 unspecified atom stereocenters. The third-order valence-corrected chi connectivity index (χ3v) is 6.94. The quantitative estimate of drug-likeness (QED) is 0.422. The van der Waals surface area contributed by atoms with Gasteiger partial charge in [0, 0.05) is 30.1 Å². The number of nitrogens with one attached hydrogen (secondary N) is 1. The summed E-state index contributed by atoms with van der Waals surface area (Å²) in [5.41, 5.74) is 5.86. The van der Waals surface area contributed by atoms with Gasteiger partial charge in [0.05, 0.1) is 11.2 Å². The van der Waals surface area contributed by atoms with Crippen molar-refractivity contribution >= 4 is 16.8 Å². The second kappa shape index (κ2) is 9.55. The normalized spacial score (nSPS) is 14.9. The number of amides is 1. The first-order chi connectivity index (χ1) is 16.9. The molecule has 6 nitrogen and oxygen atoms in total. The second-order valence-corrected chi connectivity index (χ2v) is 9.60. The van der Waals surface area contributed by atoms with Crippen LogP contribution in [0.3, 0.4) is 0 Å². The Morgan fingerprint density at radius 2 is 1.69 bits per heavy atom. The standard InChI is InChI=1S/C29H32N4O2/c1-19-16-22(8-10-26(19)29(34)30-23-12-14-32(3)15-13-23)21-6-5-7-24(17-21)35-25-9-11-27-20(2)31-33(4)28(27)18-25/h5-11,16-18,23H,12-15H2,1-4H3,(H,30,34). The molecule has 0 aliphatic carbocycles. The van der Waals surface area contributed by atoms with Crippen molar-refractivity contribution in [2.24, 2.45) is 7.05 Å². The lowest BCUT2D eigenvalue weighted by Gasteiger charge is -2.29. The van der Waals surface area contributed by atoms with Gasteiger partial charge in [0.15, 0.2) is 0 Å². The average molecular weight is 469 g/mol. The van der Waals surface area contributed by atoms with Crippen LogP contribution in [0.2, 0.25) is 0 Å². The van der Waals surface area contributed by atoms with E-state index in [-0.39, 0.29) is 11.9 Å². The summed E-state index contributed by atoms with van der Waals surface area (Å²) in [4.78, 5) is 15.2. The fourth-order valence-electron chi connectivity index (χ4n) is 4.87. The zero-order valence-corrected chi connectivity index (χ0v) is 20.8. The van der Waals surface area contributed by atoms with Gasteiger partial charge in [0.1, 0.15) is 11.5 Å². The summed E-state index contributed by atoms with van der Waals surface area (Å²) in [5, 5.41) is 8.83. The van der Waals surface area contributed by atoms with Crippen molar-refractivity contribution in [3.8, 4) is 22.6 Å². The zero-order chi connectivity index (χ0) is 24.5. The summed E-state index contributed by atoms with van der Waals surface area (Å²) >= 11 is 0. The van der Waals surface area contributed by atoms with Gasteiger partial charge in [-0.2, -0.15) is 5.10 Å². The molecule has 4 aromatic rings. The van der Waals surface area contributed by atoms with E-state index in [1.54, 1.807) is 0 Å². The van der Waals surface area contributed by atoms with Crippen LogP contribution in [-0.4, -0.2) is 46.8 Å². The van der Waals surface area contributed by atoms with E-state index in [0.29, 0.717) is 0 Å². The van der Waals surface area contributed by atoms with Crippen molar-refractivity contribution in [2.75, 3.05) is 20.1 Å². The van der Waals surface area contributed by atoms with Gasteiger partial charge in [-0.25, -0.2) is 0 Å². The van der Waals surface area contributed by atoms with Crippen molar-refractivity contribution in [3.63, 3.8) is 0 Å². The lowest BCUT2D eigenvalue weighted by Crippen LogP contribution is -2.43. The van der Waals surface area contributed by atoms with E-state index in [1.165, 1.54) is 0 Å². The summed E-state index contributed by atoms with van der Waals surface area (Å²) < 4.78 is 8.06. The zero-order valence-electron chi connectivity index (χ0n) is 20.8. The highest BCUT2D eigenvalue weighted by molar-refractivity contribution is 5.96. The van der Waals surface area contributed by atoms with E-state index >= 15 is 0 Å². The van der Waals surface area contributed by atoms with Crippen LogP contribution in [0, 0.1) is 13.8 Å². The number of piperidine rings is 1. The van der Waals surface area contributed by atoms with Crippen LogP contribution in [-0.2, 0) is 7.05 Å². The van der Waals surface area contributed by atoms with Crippen LogP contribution in [0.5, 0.6) is 11.5 Å². The number of nitrogens with zero attached hydrogens (tertiary/aromatic N) is 3. The number of hydrogen-bond acceptors (Lipinski definition) is 4. The molecular formula is C29H32N4O2. The Morgan fingerprint density at radius 3 is 2.46 bits per heavy atom. The van der Waals surface area contributed by atoms with E-state index in [4.69, 9.17) is 4.74 Å². The van der Waals surface area contributed by atoms with Gasteiger partial charge in [-0.05, 0) is 93.8 Å². The molecule has 0 atom stereocenters. The molecule has 2 heterocycles. The number of aromatic nitrogens is 2. The Balaban J connectivity index is 1.32. The number of hydrogen-bond donors (Lipinski definition) is 1. The first-order valence-corrected chi connectivity index (χ1v) is 12.2. The Hall–Kier alpha value is -3.64. The molecule has 0 bridgehead atoms. The van der Waals surface area contributed by atoms with Gasteiger partial charge < -0.3 is 15.0 Å². The van der Waals surface area contributed by atoms with Crippen molar-refractivity contribution in [1.82, 2.24) is 20.0 Å². The van der Waals surface area contributed by atoms with Gasteiger partial charge in [0.25, 0.3) is 5.91 Å². The van der Waals surface area contributed by atoms with Crippen LogP contribution < -0.4 is 10.1 Å². The van der Waals surface area contributed by atoms with E-state index in [0.717, 1.165) is 76.3 Å². The SMILES string of the molecule is Cc1cc(-c2cccc(Oc3ccc4c(C)nn(C)c4c3)c2)ccc1C(=O)NC1CCN(C)CC1. The number of ether oxygens (including phenoxy) is 1. The highest BCUT2D eigenvalue weighted by Gasteiger charge is 2.20. The maximum atomic E-state index is 12.9. The maximum absolute atomic E-state index is 12.9. The first kappa shape index (κ1) is 23.1. The average Bonchev–Trinajstić information content (AvgIpc) is 3.13. The van der Waals surface area contributed by atoms with E-state index in [2.05, 4.69) is 40.6 Å². The van der Waals surface area contributed by atoms with Crippen molar-refractivity contribution < 1.29 is 9.53 Å². The highest BCUT2D eigenvalue weighted by atomic mass is 16.5. The van der Waals surface area contributed by atoms with Crippen molar-refractivity contribution in [2.45, 2.75) is 32.7 Å². The molecule has 5 rings (SSSR count). The molecule has 0 radical (unpaired) electrons. The van der Waals surface area contributed by atoms with Crippen LogP contribution in [0.15, 0.2) is 60.7 Å². The monoisotopic (exact) mass is 468 g/mol. The summed E-state index contributed by atoms with van der Waals surface area (Å²) in [6.45, 7) is 6.06. The fraction of sp³-hybridized carbons (Fsp3) is 0.310. The Kier molecular flexibility index (Phi) is 6.31. The number of benzene rings is 3. The minimum Gasteiger partial charge on any atom is -0.457 e. The fourth-order valence-corrected chi connectivity index (χ4v) is 4.87. The third kappa shape index (κ3) is 4.93. The molecule has 0 saturated carbocycles. The number of carbonyl (C=O) groups is 1. The molecule has 1 saturated heterocycles. The largest absolute Gasteiger partial charge is 0.457 e. The summed E-state index contributed by atoms with van der Waals surface area (Å²) in [5.74, 6) is 1.55. The molecule has 1 aliphatic heterocycles. The summed E-state index contributed by atoms with van der Waals surface area (Å²) in [7, 11) is 4.07. The number of aryl methyl sites for hydroxylation is 3. The van der Waals surface area contributed by atoms with Crippen molar-refractivity contribution in [1.29, 1.82) is 0 Å². The predicted octanol–water partition coefficient (Wildman–Crippen LogP) is 5.47. The minimum absolute atomic E-state index is 0.0153. The lowest BCUT2D eigenvalue weighted by atomic mass is 9.98. The molecule has 1 aromatic heterocycles. The molecule has 3 aromatic carbocycles. The highest BCUT2D eigenvalue weighted by Crippen LogP contribution is 2.30. The van der Waals surface area contributed by atoms with Gasteiger partial charge in [0.2, 0.25) is 0 Å². The van der Waals surface area contributed by atoms with Gasteiger partial charge in [-0.3, -0.25) is 9.48 Å². The number of carbonyl (C=O) groups excluding carboxylic acids is 1. The van der Waals surface area contributed by atoms with E-state index in [1.807, 2.05) is 68.0 Å². The molecule has 6 heteroatoms. The number of rotatable bonds is 5. The van der Waals surface area contributed by atoms with Crippen LogP contribution >= 0.6 is 0 Å². The van der Waals surface area contributed by atoms with E-state index < -0.39 is 0 Å². The Bertz CT molecular complexity index is 1380. The molecule has 1 aliphatic rings. The first-order valence-electron chi connectivity index (χ1n) is 12.2. The van der Waals surface area contributed by atoms with Crippen LogP contribution in [0.25, 0.3) is 22.0 Å². The Labute approximate surface area is 206 Å². The van der Waals surface area contributed by atoms with Gasteiger partial charge >= 0.3 is 0 Å². The molecular weight excluding hydrogens is 436 g/mol. The second-order valence-electron chi connectivity index (χ2n) is 9.60. The molecule has 35 heavy (non-hydrogen) atoms. The maximum Gasteiger partial charge on any atom is 0.251 e. The van der Waals surface area contributed by atoms with Crippen LogP contribution in [0.1, 0.15) is 34.5 Å². The van der Waals surface area contributed by atoms with Crippen LogP contribution in [0.4, 0.5) is 0 Å². The van der Waals surface area contributed by atoms with Crippen molar-refractivity contribution in [3.05, 3.63) is 77.5 Å². The summed E-state index contributed by atoms with van der Waals surface area (Å²) in [6, 6.07) is 20.4. The van der Waals surface area contributed by atoms with Gasteiger partial charge in [-0.1, -0.05) is 24.3 Å². The minimum atomic E-state index is 0.0153. The summed E-state index contributed by atoms with van der Waals surface area (Å²) in [6.07, 6.45) is 2.00. The molecule has 180 valence electrons. The van der Waals surface area contributed by atoms with E-state index in [9.17, 15) is 4.79 Å². The Morgan fingerprint density at radius 1 is 0.943 bits per heavy atom. The smallest absolute Gasteiger partial charge is 0.251 e. The number of fused-ring (bicyclic) bond motifs is 1. The molecule has 1 amide bonds. The third-order valence-electron chi connectivity index (χ3n) is 6.94. The lowest BCUT2D eigenvalue weighted by molar-refractivity contribution is 0.0916. The predicted molar refractivity (Wildman–Crippen MR) is 140 cm³/mol. The topological polar surface area (TPSA) is 59.4 Å². The molecule has 1 fully saturated rings. The van der Waals surface area contributed by atoms with Gasteiger partial charge in [-0.15, -0.1) is 0 Å². The molecule has 1 N–H and O–H groups in total. The molecule has 0 spiro atoms.